The minimum absolute atomic E-state index is 0.257. The molecule has 0 aromatic heterocycles. The minimum Gasteiger partial charge on any atom is -0.377 e. The summed E-state index contributed by atoms with van der Waals surface area (Å²) in [6.07, 6.45) is 0. The van der Waals surface area contributed by atoms with Crippen molar-refractivity contribution in [3.05, 3.63) is 0 Å². The van der Waals surface area contributed by atoms with E-state index < -0.39 is 8.80 Å². The van der Waals surface area contributed by atoms with Crippen molar-refractivity contribution in [2.24, 2.45) is 5.73 Å². The Labute approximate surface area is 81.7 Å². The molecule has 0 aliphatic rings. The maximum atomic E-state index is 5.78. The van der Waals surface area contributed by atoms with Crippen molar-refractivity contribution in [3.8, 4) is 0 Å². The summed E-state index contributed by atoms with van der Waals surface area (Å²) in [5.41, 5.74) is 5.22. The van der Waals surface area contributed by atoms with Crippen LogP contribution in [0.3, 0.4) is 0 Å². The molecule has 0 rings (SSSR count). The summed E-state index contributed by atoms with van der Waals surface area (Å²) in [7, 11) is 0.713. The molecular weight excluding hydrogens is 186 g/mol. The molecule has 4 nitrogen and oxygen atoms in total. The van der Waals surface area contributed by atoms with Crippen molar-refractivity contribution in [3.63, 3.8) is 0 Å². The van der Waals surface area contributed by atoms with Gasteiger partial charge in [-0.3, -0.25) is 0 Å². The molecule has 0 aromatic carbocycles. The standard InChI is InChI=1S/C8H21NO3Si/c1-8(2,3)12-13(10-4,11-5)7-6-9/h6-7,9H2,1-5H3. The monoisotopic (exact) mass is 207 g/mol. The van der Waals surface area contributed by atoms with Gasteiger partial charge in [0.25, 0.3) is 0 Å². The predicted octanol–water partition coefficient (Wildman–Crippen LogP) is 0.992. The number of hydrogen-bond acceptors (Lipinski definition) is 4. The Morgan fingerprint density at radius 3 is 1.85 bits per heavy atom. The lowest BCUT2D eigenvalue weighted by Crippen LogP contribution is -2.50. The molecule has 0 aliphatic carbocycles. The average Bonchev–Trinajstić information content (AvgIpc) is 2.01. The van der Waals surface area contributed by atoms with Gasteiger partial charge in [0.15, 0.2) is 0 Å². The highest BCUT2D eigenvalue weighted by Crippen LogP contribution is 2.20. The molecule has 5 heteroatoms. The van der Waals surface area contributed by atoms with E-state index in [4.69, 9.17) is 19.0 Å². The third-order valence-electron chi connectivity index (χ3n) is 1.53. The van der Waals surface area contributed by atoms with Crippen LogP contribution in [0.2, 0.25) is 6.04 Å². The maximum absolute atomic E-state index is 5.78. The van der Waals surface area contributed by atoms with E-state index in [2.05, 4.69) is 0 Å². The fraction of sp³-hybridized carbons (Fsp3) is 1.00. The van der Waals surface area contributed by atoms with Crippen molar-refractivity contribution in [1.82, 2.24) is 0 Å². The van der Waals surface area contributed by atoms with Crippen LogP contribution in [0.5, 0.6) is 0 Å². The molecule has 13 heavy (non-hydrogen) atoms. The first kappa shape index (κ1) is 13.1. The Morgan fingerprint density at radius 2 is 1.62 bits per heavy atom. The second kappa shape index (κ2) is 5.07. The lowest BCUT2D eigenvalue weighted by molar-refractivity contribution is 0.0170. The van der Waals surface area contributed by atoms with Crippen molar-refractivity contribution in [1.29, 1.82) is 0 Å². The van der Waals surface area contributed by atoms with Crippen LogP contribution in [0.25, 0.3) is 0 Å². The van der Waals surface area contributed by atoms with Crippen molar-refractivity contribution in [2.75, 3.05) is 20.8 Å². The van der Waals surface area contributed by atoms with E-state index in [0.717, 1.165) is 0 Å². The molecule has 0 saturated heterocycles. The lowest BCUT2D eigenvalue weighted by Gasteiger charge is -2.33. The largest absolute Gasteiger partial charge is 0.502 e. The number of hydrogen-bond donors (Lipinski definition) is 1. The number of rotatable bonds is 5. The molecule has 0 fully saturated rings. The Bertz CT molecular complexity index is 143. The fourth-order valence-electron chi connectivity index (χ4n) is 1.07. The molecule has 0 heterocycles. The first-order valence-electron chi connectivity index (χ1n) is 4.39. The first-order valence-corrected chi connectivity index (χ1v) is 6.33. The summed E-state index contributed by atoms with van der Waals surface area (Å²) < 4.78 is 16.4. The molecular formula is C8H21NO3Si. The van der Waals surface area contributed by atoms with E-state index in [9.17, 15) is 0 Å². The van der Waals surface area contributed by atoms with Gasteiger partial charge in [-0.05, 0) is 27.3 Å². The summed E-state index contributed by atoms with van der Waals surface area (Å²) >= 11 is 0. The van der Waals surface area contributed by atoms with Crippen LogP contribution in [0.1, 0.15) is 20.8 Å². The molecule has 0 spiro atoms. The van der Waals surface area contributed by atoms with Crippen LogP contribution in [-0.2, 0) is 13.3 Å². The molecule has 0 bridgehead atoms. The van der Waals surface area contributed by atoms with Gasteiger partial charge < -0.3 is 19.0 Å². The third kappa shape index (κ3) is 4.73. The topological polar surface area (TPSA) is 53.7 Å². The van der Waals surface area contributed by atoms with Crippen LogP contribution in [-0.4, -0.2) is 35.2 Å². The summed E-state index contributed by atoms with van der Waals surface area (Å²) in [4.78, 5) is 0. The molecule has 0 aromatic rings. The highest BCUT2D eigenvalue weighted by atomic mass is 28.4. The van der Waals surface area contributed by atoms with Crippen LogP contribution in [0.4, 0.5) is 0 Å². The molecule has 0 unspecified atom stereocenters. The second-order valence-corrected chi connectivity index (χ2v) is 6.73. The first-order chi connectivity index (χ1) is 5.89. The van der Waals surface area contributed by atoms with Gasteiger partial charge in [0, 0.05) is 20.3 Å². The highest BCUT2D eigenvalue weighted by molar-refractivity contribution is 6.60. The minimum atomic E-state index is -2.50. The van der Waals surface area contributed by atoms with E-state index in [-0.39, 0.29) is 5.60 Å². The van der Waals surface area contributed by atoms with Crippen molar-refractivity contribution < 1.29 is 13.3 Å². The van der Waals surface area contributed by atoms with Gasteiger partial charge in [-0.1, -0.05) is 0 Å². The SMILES string of the molecule is CO[Si](CCN)(OC)OC(C)(C)C. The van der Waals surface area contributed by atoms with Crippen LogP contribution < -0.4 is 5.73 Å². The lowest BCUT2D eigenvalue weighted by atomic mass is 10.2. The fourth-order valence-corrected chi connectivity index (χ4v) is 3.20. The van der Waals surface area contributed by atoms with E-state index >= 15 is 0 Å². The summed E-state index contributed by atoms with van der Waals surface area (Å²) in [6.45, 7) is 6.44. The van der Waals surface area contributed by atoms with E-state index in [1.807, 2.05) is 20.8 Å². The average molecular weight is 207 g/mol. The van der Waals surface area contributed by atoms with Crippen molar-refractivity contribution >= 4 is 8.80 Å². The highest BCUT2D eigenvalue weighted by Gasteiger charge is 2.41. The van der Waals surface area contributed by atoms with Gasteiger partial charge in [0.1, 0.15) is 0 Å². The Hall–Kier alpha value is 0.0569. The number of nitrogens with two attached hydrogens (primary N) is 1. The van der Waals surface area contributed by atoms with E-state index in [1.54, 1.807) is 14.2 Å². The zero-order valence-electron chi connectivity index (χ0n) is 9.22. The van der Waals surface area contributed by atoms with Gasteiger partial charge in [0.2, 0.25) is 0 Å². The van der Waals surface area contributed by atoms with E-state index in [0.29, 0.717) is 12.6 Å². The Balaban J connectivity index is 4.38. The molecule has 80 valence electrons. The second-order valence-electron chi connectivity index (χ2n) is 3.84. The summed E-state index contributed by atoms with van der Waals surface area (Å²) in [5.74, 6) is 0. The zero-order chi connectivity index (χ0) is 10.5. The van der Waals surface area contributed by atoms with Gasteiger partial charge in [-0.25, -0.2) is 0 Å². The van der Waals surface area contributed by atoms with E-state index in [1.165, 1.54) is 0 Å². The van der Waals surface area contributed by atoms with Gasteiger partial charge in [0.05, 0.1) is 5.60 Å². The molecule has 2 N–H and O–H groups in total. The predicted molar refractivity (Wildman–Crippen MR) is 54.5 cm³/mol. The smallest absolute Gasteiger partial charge is 0.377 e. The Morgan fingerprint density at radius 1 is 1.15 bits per heavy atom. The summed E-state index contributed by atoms with van der Waals surface area (Å²) in [6, 6.07) is 0.650. The molecule has 0 radical (unpaired) electrons. The van der Waals surface area contributed by atoms with Gasteiger partial charge in [-0.15, -0.1) is 0 Å². The maximum Gasteiger partial charge on any atom is 0.502 e. The molecule has 0 saturated carbocycles. The normalized spacial score (nSPS) is 13.4. The van der Waals surface area contributed by atoms with Crippen molar-refractivity contribution in [2.45, 2.75) is 32.4 Å². The van der Waals surface area contributed by atoms with Gasteiger partial charge in [-0.2, -0.15) is 0 Å². The third-order valence-corrected chi connectivity index (χ3v) is 4.60. The van der Waals surface area contributed by atoms with Crippen LogP contribution >= 0.6 is 0 Å². The Kier molecular flexibility index (Phi) is 5.09. The summed E-state index contributed by atoms with van der Waals surface area (Å²) in [5, 5.41) is 0. The molecule has 0 aliphatic heterocycles. The quantitative estimate of drug-likeness (QED) is 0.683. The molecule has 0 atom stereocenters. The zero-order valence-corrected chi connectivity index (χ0v) is 10.2. The van der Waals surface area contributed by atoms with Crippen LogP contribution in [0, 0.1) is 0 Å². The van der Waals surface area contributed by atoms with Gasteiger partial charge >= 0.3 is 8.80 Å². The van der Waals surface area contributed by atoms with Crippen LogP contribution in [0.15, 0.2) is 0 Å². The molecule has 0 amide bonds.